The molecule has 1 heterocycles. The Hall–Kier alpha value is -2.80. The van der Waals surface area contributed by atoms with Crippen molar-refractivity contribution in [2.75, 3.05) is 0 Å². The lowest BCUT2D eigenvalue weighted by Crippen LogP contribution is -2.07. The number of allylic oxidation sites excluding steroid dienone is 1. The van der Waals surface area contributed by atoms with E-state index in [1.54, 1.807) is 0 Å². The summed E-state index contributed by atoms with van der Waals surface area (Å²) < 4.78 is 0. The number of aromatic nitrogens is 1. The van der Waals surface area contributed by atoms with Crippen LogP contribution in [0.4, 0.5) is 0 Å². The second kappa shape index (κ2) is 6.13. The van der Waals surface area contributed by atoms with Crippen molar-refractivity contribution >= 4 is 36.1 Å². The van der Waals surface area contributed by atoms with Gasteiger partial charge in [-0.15, -0.1) is 0 Å². The molecule has 1 N–H and O–H groups in total. The third-order valence-electron chi connectivity index (χ3n) is 4.17. The third-order valence-corrected chi connectivity index (χ3v) is 4.17. The van der Waals surface area contributed by atoms with Crippen LogP contribution in [0, 0.1) is 10.6 Å². The highest BCUT2D eigenvalue weighted by Crippen LogP contribution is 2.13. The average molecular weight is 299 g/mol. The molecule has 1 heteroatoms. The first kappa shape index (κ1) is 15.1. The van der Waals surface area contributed by atoms with Crippen molar-refractivity contribution in [3.05, 3.63) is 81.3 Å². The Bertz CT molecular complexity index is 1100. The highest BCUT2D eigenvalue weighted by Gasteiger charge is 2.04. The average Bonchev–Trinajstić information content (AvgIpc) is 2.88. The summed E-state index contributed by atoms with van der Waals surface area (Å²) in [5, 5.41) is 6.50. The molecule has 1 aromatic heterocycles. The summed E-state index contributed by atoms with van der Waals surface area (Å²) in [4.78, 5) is 3.52. The van der Waals surface area contributed by atoms with E-state index in [0.29, 0.717) is 0 Å². The molecule has 0 bridgehead atoms. The molecule has 0 saturated heterocycles. The van der Waals surface area contributed by atoms with Crippen LogP contribution in [-0.4, -0.2) is 4.98 Å². The summed E-state index contributed by atoms with van der Waals surface area (Å²) in [5.74, 6) is 0. The molecular formula is C22H21N. The summed E-state index contributed by atoms with van der Waals surface area (Å²) in [7, 11) is 0. The van der Waals surface area contributed by atoms with Gasteiger partial charge in [0.15, 0.2) is 0 Å². The van der Waals surface area contributed by atoms with Crippen LogP contribution in [0.3, 0.4) is 0 Å². The summed E-state index contributed by atoms with van der Waals surface area (Å²) in [6.45, 7) is 14.6. The van der Waals surface area contributed by atoms with Crippen LogP contribution in [0.15, 0.2) is 49.1 Å². The van der Waals surface area contributed by atoms with E-state index in [2.05, 4.69) is 80.2 Å². The molecular weight excluding hydrogens is 278 g/mol. The SMILES string of the molecule is C=Cc1c(/C=C\CC)[nH]/c(=c2/c(=C)ccc3ccccc23)c1=C. The Balaban J connectivity index is 2.60. The minimum Gasteiger partial charge on any atom is -0.354 e. The van der Waals surface area contributed by atoms with Crippen LogP contribution in [-0.2, 0) is 0 Å². The van der Waals surface area contributed by atoms with Crippen molar-refractivity contribution in [3.63, 3.8) is 0 Å². The molecule has 1 nitrogen and oxygen atoms in total. The summed E-state index contributed by atoms with van der Waals surface area (Å²) in [6.07, 6.45) is 7.09. The van der Waals surface area contributed by atoms with Gasteiger partial charge in [0.05, 0.1) is 5.35 Å². The van der Waals surface area contributed by atoms with Gasteiger partial charge in [0.1, 0.15) is 0 Å². The maximum Gasteiger partial charge on any atom is 0.0544 e. The first-order chi connectivity index (χ1) is 11.2. The van der Waals surface area contributed by atoms with Crippen LogP contribution in [0.25, 0.3) is 36.1 Å². The Labute approximate surface area is 136 Å². The number of fused-ring (bicyclic) bond motifs is 1. The fourth-order valence-electron chi connectivity index (χ4n) is 3.00. The second-order valence-corrected chi connectivity index (χ2v) is 5.64. The first-order valence-electron chi connectivity index (χ1n) is 7.88. The van der Waals surface area contributed by atoms with Crippen LogP contribution in [0.5, 0.6) is 0 Å². The zero-order chi connectivity index (χ0) is 16.4. The highest BCUT2D eigenvalue weighted by atomic mass is 14.7. The topological polar surface area (TPSA) is 15.8 Å². The molecule has 0 amide bonds. The Morgan fingerprint density at radius 2 is 1.87 bits per heavy atom. The third kappa shape index (κ3) is 2.55. The molecule has 114 valence electrons. The van der Waals surface area contributed by atoms with Crippen molar-refractivity contribution < 1.29 is 0 Å². The fraction of sp³-hybridized carbons (Fsp3) is 0.0909. The van der Waals surface area contributed by atoms with Gasteiger partial charge in [-0.3, -0.25) is 0 Å². The van der Waals surface area contributed by atoms with Gasteiger partial charge in [-0.1, -0.05) is 75.2 Å². The molecule has 0 aliphatic carbocycles. The lowest BCUT2D eigenvalue weighted by atomic mass is 10.1. The van der Waals surface area contributed by atoms with Gasteiger partial charge in [0.25, 0.3) is 0 Å². The van der Waals surface area contributed by atoms with Gasteiger partial charge >= 0.3 is 0 Å². The van der Waals surface area contributed by atoms with E-state index in [-0.39, 0.29) is 0 Å². The highest BCUT2D eigenvalue weighted by molar-refractivity contribution is 5.83. The quantitative estimate of drug-likeness (QED) is 0.740. The minimum atomic E-state index is 0.969. The molecule has 3 aromatic rings. The van der Waals surface area contributed by atoms with Gasteiger partial charge in [0.2, 0.25) is 0 Å². The molecule has 0 aliphatic rings. The molecule has 3 rings (SSSR count). The van der Waals surface area contributed by atoms with Gasteiger partial charge in [-0.25, -0.2) is 0 Å². The van der Waals surface area contributed by atoms with Gasteiger partial charge < -0.3 is 4.98 Å². The normalized spacial score (nSPS) is 12.9. The molecule has 0 aliphatic heterocycles. The number of rotatable bonds is 3. The molecule has 0 spiro atoms. The van der Waals surface area contributed by atoms with E-state index in [1.807, 2.05) is 6.08 Å². The van der Waals surface area contributed by atoms with Crippen molar-refractivity contribution in [2.45, 2.75) is 13.3 Å². The van der Waals surface area contributed by atoms with Crippen molar-refractivity contribution in [1.82, 2.24) is 4.98 Å². The molecule has 23 heavy (non-hydrogen) atoms. The Morgan fingerprint density at radius 1 is 1.09 bits per heavy atom. The van der Waals surface area contributed by atoms with E-state index < -0.39 is 0 Å². The summed E-state index contributed by atoms with van der Waals surface area (Å²) in [6, 6.07) is 12.5. The summed E-state index contributed by atoms with van der Waals surface area (Å²) >= 11 is 0. The van der Waals surface area contributed by atoms with Gasteiger partial charge in [0, 0.05) is 21.7 Å². The maximum atomic E-state index is 4.28. The molecule has 0 fully saturated rings. The first-order valence-corrected chi connectivity index (χ1v) is 7.88. The van der Waals surface area contributed by atoms with E-state index in [9.17, 15) is 0 Å². The van der Waals surface area contributed by atoms with Gasteiger partial charge in [-0.2, -0.15) is 0 Å². The molecule has 0 saturated carbocycles. The fourth-order valence-corrected chi connectivity index (χ4v) is 3.00. The lowest BCUT2D eigenvalue weighted by Gasteiger charge is -1.98. The predicted molar refractivity (Wildman–Crippen MR) is 102 cm³/mol. The largest absolute Gasteiger partial charge is 0.354 e. The van der Waals surface area contributed by atoms with E-state index in [1.165, 1.54) is 10.8 Å². The van der Waals surface area contributed by atoms with Crippen LogP contribution < -0.4 is 10.4 Å². The monoisotopic (exact) mass is 299 g/mol. The Kier molecular flexibility index (Phi) is 4.03. The molecule has 0 unspecified atom stereocenters. The van der Waals surface area contributed by atoms with E-state index in [4.69, 9.17) is 0 Å². The van der Waals surface area contributed by atoms with E-state index in [0.717, 1.165) is 38.7 Å². The molecule has 0 radical (unpaired) electrons. The standard InChI is InChI=1S/C22H21N/c1-5-7-12-20-18(6-2)16(4)22(23-20)21-15(3)13-14-17-10-8-9-11-19(17)21/h6-14,23H,2-5H2,1H3/b12-7-,22-21-. The minimum absolute atomic E-state index is 0.969. The number of hydrogen-bond acceptors (Lipinski definition) is 0. The van der Waals surface area contributed by atoms with Crippen LogP contribution >= 0.6 is 0 Å². The lowest BCUT2D eigenvalue weighted by molar-refractivity contribution is 1.22. The second-order valence-electron chi connectivity index (χ2n) is 5.64. The van der Waals surface area contributed by atoms with E-state index >= 15 is 0 Å². The van der Waals surface area contributed by atoms with Crippen molar-refractivity contribution in [2.24, 2.45) is 0 Å². The van der Waals surface area contributed by atoms with Crippen LogP contribution in [0.1, 0.15) is 24.6 Å². The van der Waals surface area contributed by atoms with Gasteiger partial charge in [-0.05, 0) is 28.5 Å². The zero-order valence-electron chi connectivity index (χ0n) is 13.5. The Morgan fingerprint density at radius 3 is 2.61 bits per heavy atom. The predicted octanol–water partition coefficient (Wildman–Crippen LogP) is 4.34. The number of nitrogens with one attached hydrogen (secondary N) is 1. The maximum absolute atomic E-state index is 4.28. The summed E-state index contributed by atoms with van der Waals surface area (Å²) in [5.41, 5.74) is 2.10. The number of aromatic amines is 1. The molecule has 2 aromatic carbocycles. The van der Waals surface area contributed by atoms with Crippen LogP contribution in [0.2, 0.25) is 0 Å². The molecule has 0 atom stereocenters. The number of benzene rings is 2. The number of H-pyrrole nitrogens is 1. The zero-order valence-corrected chi connectivity index (χ0v) is 13.5. The number of hydrogen-bond donors (Lipinski definition) is 1. The van der Waals surface area contributed by atoms with Crippen molar-refractivity contribution in [3.8, 4) is 0 Å². The van der Waals surface area contributed by atoms with Crippen molar-refractivity contribution in [1.29, 1.82) is 0 Å². The smallest absolute Gasteiger partial charge is 0.0544 e.